The fourth-order valence-corrected chi connectivity index (χ4v) is 8.56. The number of imidazole rings is 2. The molecule has 2 atom stereocenters. The minimum absolute atomic E-state index is 0.268. The van der Waals surface area contributed by atoms with Crippen LogP contribution in [0.15, 0.2) is 31.8 Å². The van der Waals surface area contributed by atoms with Crippen molar-refractivity contribution in [3.8, 4) is 0 Å². The van der Waals surface area contributed by atoms with Crippen LogP contribution in [0.5, 0.6) is 0 Å². The molecule has 4 rings (SSSR count). The standard InChI is InChI=1S/C46H80N10O6/c1-51-35-49-41-39(51)43(59)55(45(61)53(41)3)31-25-19-13-9-15-21-27-37(57)33-47-29-23-17-11-7-5-6-8-12-18-24-30-48-34-38(58)28-22-16-10-14-20-26-32-56-44(60)40-42(50-36-52(40)2)54(4)46(56)62/h35-38,47-48,57-58H,5-34H2,1-4H3. The summed E-state index contributed by atoms with van der Waals surface area (Å²) < 4.78 is 8.90. The van der Waals surface area contributed by atoms with E-state index >= 15 is 0 Å². The van der Waals surface area contributed by atoms with Crippen LogP contribution < -0.4 is 33.1 Å². The molecule has 16 heteroatoms. The van der Waals surface area contributed by atoms with Gasteiger partial charge in [0, 0.05) is 54.4 Å². The van der Waals surface area contributed by atoms with E-state index in [0.29, 0.717) is 48.5 Å². The van der Waals surface area contributed by atoms with Gasteiger partial charge in [0.25, 0.3) is 11.1 Å². The Morgan fingerprint density at radius 1 is 0.468 bits per heavy atom. The second-order valence-corrected chi connectivity index (χ2v) is 17.7. The maximum Gasteiger partial charge on any atom is 0.332 e. The molecule has 0 radical (unpaired) electrons. The molecule has 0 amide bonds. The number of unbranched alkanes of at least 4 members (excludes halogenated alkanes) is 19. The summed E-state index contributed by atoms with van der Waals surface area (Å²) in [6.45, 7) is 4.10. The maximum absolute atomic E-state index is 12.8. The van der Waals surface area contributed by atoms with Crippen LogP contribution in [-0.4, -0.2) is 86.0 Å². The van der Waals surface area contributed by atoms with Crippen LogP contribution in [0.1, 0.15) is 154 Å². The van der Waals surface area contributed by atoms with Gasteiger partial charge in [0.15, 0.2) is 22.3 Å². The average molecular weight is 869 g/mol. The number of nitrogens with zero attached hydrogens (tertiary/aromatic N) is 8. The number of fused-ring (bicyclic) bond motifs is 2. The summed E-state index contributed by atoms with van der Waals surface area (Å²) >= 11 is 0. The van der Waals surface area contributed by atoms with Crippen LogP contribution in [0.4, 0.5) is 0 Å². The van der Waals surface area contributed by atoms with E-state index in [1.54, 1.807) is 50.0 Å². The van der Waals surface area contributed by atoms with Gasteiger partial charge in [-0.1, -0.05) is 116 Å². The molecule has 4 N–H and O–H groups in total. The molecule has 4 aromatic heterocycles. The van der Waals surface area contributed by atoms with Crippen molar-refractivity contribution in [2.24, 2.45) is 28.2 Å². The number of hydrogen-bond acceptors (Lipinski definition) is 10. The van der Waals surface area contributed by atoms with Gasteiger partial charge in [-0.25, -0.2) is 19.6 Å². The molecule has 0 aliphatic carbocycles. The van der Waals surface area contributed by atoms with E-state index < -0.39 is 0 Å². The molecule has 4 heterocycles. The zero-order valence-electron chi connectivity index (χ0n) is 38.6. The topological polar surface area (TPSA) is 188 Å². The van der Waals surface area contributed by atoms with Crippen LogP contribution in [-0.2, 0) is 41.3 Å². The lowest BCUT2D eigenvalue weighted by Crippen LogP contribution is -2.39. The van der Waals surface area contributed by atoms with Crippen LogP contribution in [0.25, 0.3) is 22.3 Å². The summed E-state index contributed by atoms with van der Waals surface area (Å²) in [5.41, 5.74) is 0.605. The van der Waals surface area contributed by atoms with Crippen molar-refractivity contribution in [1.29, 1.82) is 0 Å². The van der Waals surface area contributed by atoms with E-state index in [1.807, 2.05) is 0 Å². The molecule has 0 aliphatic heterocycles. The molecule has 0 aliphatic rings. The normalized spacial score (nSPS) is 12.9. The Kier molecular flexibility index (Phi) is 23.0. The van der Waals surface area contributed by atoms with E-state index in [1.165, 1.54) is 69.6 Å². The first-order valence-electron chi connectivity index (χ1n) is 24.0. The Morgan fingerprint density at radius 2 is 0.774 bits per heavy atom. The molecule has 62 heavy (non-hydrogen) atoms. The minimum Gasteiger partial charge on any atom is -0.392 e. The largest absolute Gasteiger partial charge is 0.392 e. The predicted octanol–water partition coefficient (Wildman–Crippen LogP) is 5.14. The first kappa shape index (κ1) is 50.8. The van der Waals surface area contributed by atoms with Crippen molar-refractivity contribution in [3.63, 3.8) is 0 Å². The Hall–Kier alpha value is -3.86. The van der Waals surface area contributed by atoms with Crippen LogP contribution >= 0.6 is 0 Å². The third-order valence-electron chi connectivity index (χ3n) is 12.5. The van der Waals surface area contributed by atoms with E-state index in [2.05, 4.69) is 20.6 Å². The number of aryl methyl sites for hydroxylation is 4. The maximum atomic E-state index is 12.8. The van der Waals surface area contributed by atoms with Crippen molar-refractivity contribution in [3.05, 3.63) is 54.3 Å². The highest BCUT2D eigenvalue weighted by molar-refractivity contribution is 5.70. The highest BCUT2D eigenvalue weighted by Gasteiger charge is 2.16. The van der Waals surface area contributed by atoms with E-state index in [-0.39, 0.29) is 34.7 Å². The van der Waals surface area contributed by atoms with Gasteiger partial charge in [-0.15, -0.1) is 0 Å². The van der Waals surface area contributed by atoms with E-state index in [9.17, 15) is 29.4 Å². The summed E-state index contributed by atoms with van der Waals surface area (Å²) in [6, 6.07) is 0. The fourth-order valence-electron chi connectivity index (χ4n) is 8.56. The molecule has 350 valence electrons. The lowest BCUT2D eigenvalue weighted by atomic mass is 10.1. The van der Waals surface area contributed by atoms with E-state index in [0.717, 1.165) is 116 Å². The van der Waals surface area contributed by atoms with Gasteiger partial charge < -0.3 is 30.0 Å². The molecule has 4 aromatic rings. The first-order valence-corrected chi connectivity index (χ1v) is 24.0. The molecule has 0 saturated carbocycles. The van der Waals surface area contributed by atoms with Crippen molar-refractivity contribution in [1.82, 2.24) is 48.0 Å². The summed E-state index contributed by atoms with van der Waals surface area (Å²) in [4.78, 5) is 59.2. The highest BCUT2D eigenvalue weighted by Crippen LogP contribution is 2.13. The Labute approximate surface area is 367 Å². The monoisotopic (exact) mass is 869 g/mol. The molecule has 16 nitrogen and oxygen atoms in total. The molecule has 0 bridgehead atoms. The molecular formula is C46H80N10O6. The number of aliphatic hydroxyl groups excluding tert-OH is 2. The zero-order valence-corrected chi connectivity index (χ0v) is 38.6. The molecule has 0 aromatic carbocycles. The van der Waals surface area contributed by atoms with Gasteiger partial charge in [-0.2, -0.15) is 0 Å². The number of rotatable bonds is 35. The zero-order chi connectivity index (χ0) is 44.7. The Morgan fingerprint density at radius 3 is 1.13 bits per heavy atom. The molecule has 0 saturated heterocycles. The van der Waals surface area contributed by atoms with Gasteiger partial charge in [0.05, 0.1) is 24.9 Å². The fraction of sp³-hybridized carbons (Fsp3) is 0.783. The number of hydrogen-bond donors (Lipinski definition) is 4. The lowest BCUT2D eigenvalue weighted by Gasteiger charge is -2.12. The second-order valence-electron chi connectivity index (χ2n) is 17.7. The van der Waals surface area contributed by atoms with Crippen LogP contribution in [0, 0.1) is 0 Å². The van der Waals surface area contributed by atoms with Gasteiger partial charge in [-0.05, 0) is 51.6 Å². The quantitative estimate of drug-likeness (QED) is 0.0451. The van der Waals surface area contributed by atoms with Crippen LogP contribution in [0.3, 0.4) is 0 Å². The molecule has 2 unspecified atom stereocenters. The Bertz CT molecular complexity index is 1980. The second kappa shape index (κ2) is 28.0. The summed E-state index contributed by atoms with van der Waals surface area (Å²) in [7, 11) is 6.85. The van der Waals surface area contributed by atoms with Crippen molar-refractivity contribution in [2.45, 2.75) is 179 Å². The summed E-state index contributed by atoms with van der Waals surface area (Å²) in [5, 5.41) is 27.6. The van der Waals surface area contributed by atoms with Crippen molar-refractivity contribution in [2.75, 3.05) is 26.2 Å². The van der Waals surface area contributed by atoms with Crippen molar-refractivity contribution >= 4 is 22.3 Å². The molecule has 0 fully saturated rings. The predicted molar refractivity (Wildman–Crippen MR) is 249 cm³/mol. The number of aromatic nitrogens is 8. The summed E-state index contributed by atoms with van der Waals surface area (Å²) in [6.07, 6.45) is 28.8. The van der Waals surface area contributed by atoms with E-state index in [4.69, 9.17) is 0 Å². The van der Waals surface area contributed by atoms with Gasteiger partial charge in [0.1, 0.15) is 0 Å². The molecular weight excluding hydrogens is 789 g/mol. The van der Waals surface area contributed by atoms with Crippen LogP contribution in [0.2, 0.25) is 0 Å². The van der Waals surface area contributed by atoms with Crippen molar-refractivity contribution < 1.29 is 10.2 Å². The minimum atomic E-state index is -0.312. The van der Waals surface area contributed by atoms with Gasteiger partial charge in [0.2, 0.25) is 0 Å². The average Bonchev–Trinajstić information content (AvgIpc) is 3.85. The van der Waals surface area contributed by atoms with Gasteiger partial charge >= 0.3 is 11.4 Å². The smallest absolute Gasteiger partial charge is 0.332 e. The third kappa shape index (κ3) is 16.0. The van der Waals surface area contributed by atoms with Gasteiger partial charge in [-0.3, -0.25) is 27.9 Å². The number of aliphatic hydroxyl groups is 2. The summed E-state index contributed by atoms with van der Waals surface area (Å²) in [5.74, 6) is 0. The SMILES string of the molecule is Cn1cnc2c1c(=O)n(CCCCCCCCC(O)CNCCCCCCCCCCCCNCC(O)CCCCCCCCn1c(=O)c3c(ncn3C)n(C)c1=O)c(=O)n2C. The molecule has 0 spiro atoms. The lowest BCUT2D eigenvalue weighted by molar-refractivity contribution is 0.157. The first-order chi connectivity index (χ1) is 30.0. The number of nitrogens with one attached hydrogen (secondary N) is 2. The third-order valence-corrected chi connectivity index (χ3v) is 12.5. The Balaban J connectivity index is 0.836. The highest BCUT2D eigenvalue weighted by atomic mass is 16.3.